The van der Waals surface area contributed by atoms with Crippen LogP contribution < -0.4 is 10.6 Å². The lowest BCUT2D eigenvalue weighted by molar-refractivity contribution is -0.142. The summed E-state index contributed by atoms with van der Waals surface area (Å²) < 4.78 is 24.4. The number of carboxylic acids is 1. The largest absolute Gasteiger partial charge is 0.481 e. The van der Waals surface area contributed by atoms with Crippen molar-refractivity contribution in [2.24, 2.45) is 5.92 Å². The van der Waals surface area contributed by atoms with Crippen LogP contribution in [0, 0.1) is 5.92 Å². The van der Waals surface area contributed by atoms with Crippen LogP contribution in [0.5, 0.6) is 0 Å². The highest BCUT2D eigenvalue weighted by molar-refractivity contribution is 7.89. The molecule has 0 aromatic rings. The van der Waals surface area contributed by atoms with Gasteiger partial charge in [-0.25, -0.2) is 17.5 Å². The molecule has 0 spiro atoms. The van der Waals surface area contributed by atoms with Crippen LogP contribution in [0.3, 0.4) is 0 Å². The van der Waals surface area contributed by atoms with Gasteiger partial charge in [0, 0.05) is 26.2 Å². The Morgan fingerprint density at radius 1 is 1.22 bits per heavy atom. The molecule has 1 rings (SSSR count). The maximum Gasteiger partial charge on any atom is 0.315 e. The van der Waals surface area contributed by atoms with E-state index in [2.05, 4.69) is 10.6 Å². The summed E-state index contributed by atoms with van der Waals surface area (Å²) in [7, 11) is -1.65. The molecule has 2 amide bonds. The first-order chi connectivity index (χ1) is 10.8. The highest BCUT2D eigenvalue weighted by atomic mass is 32.2. The third-order valence-electron chi connectivity index (χ3n) is 4.19. The summed E-state index contributed by atoms with van der Waals surface area (Å²) in [6.07, 6.45) is 3.04. The summed E-state index contributed by atoms with van der Waals surface area (Å²) in [5, 5.41) is 14.5. The number of sulfonamides is 1. The molecule has 134 valence electrons. The van der Waals surface area contributed by atoms with E-state index in [1.807, 2.05) is 0 Å². The van der Waals surface area contributed by atoms with Crippen molar-refractivity contribution in [3.05, 3.63) is 0 Å². The van der Waals surface area contributed by atoms with Crippen molar-refractivity contribution in [2.75, 3.05) is 25.9 Å². The fraction of sp³-hybridized carbons (Fsp3) is 0.857. The zero-order valence-corrected chi connectivity index (χ0v) is 14.6. The molecule has 23 heavy (non-hydrogen) atoms. The minimum absolute atomic E-state index is 0.00810. The smallest absolute Gasteiger partial charge is 0.315 e. The molecule has 8 nitrogen and oxygen atoms in total. The van der Waals surface area contributed by atoms with E-state index in [1.165, 1.54) is 11.4 Å². The molecule has 0 aromatic carbocycles. The standard InChI is InChI=1S/C14H27N3O5S/c1-3-23(21,22)17(2)10-4-9-15-14(20)16-12-7-5-11(6-8-12)13(18)19/h11-12H,3-10H2,1-2H3,(H,18,19)(H2,15,16,20). The summed E-state index contributed by atoms with van der Waals surface area (Å²) in [6.45, 7) is 2.34. The van der Waals surface area contributed by atoms with Gasteiger partial charge in [-0.05, 0) is 39.0 Å². The third-order valence-corrected chi connectivity index (χ3v) is 6.05. The number of hydrogen-bond donors (Lipinski definition) is 3. The molecule has 9 heteroatoms. The molecule has 0 heterocycles. The average Bonchev–Trinajstić information content (AvgIpc) is 2.51. The lowest BCUT2D eigenvalue weighted by atomic mass is 9.86. The number of nitrogens with zero attached hydrogens (tertiary/aromatic N) is 1. The number of carboxylic acid groups (broad SMARTS) is 1. The van der Waals surface area contributed by atoms with Crippen LogP contribution in [-0.4, -0.2) is 61.8 Å². The van der Waals surface area contributed by atoms with Gasteiger partial charge < -0.3 is 15.7 Å². The fourth-order valence-corrected chi connectivity index (χ4v) is 3.43. The van der Waals surface area contributed by atoms with Gasteiger partial charge in [-0.3, -0.25) is 4.79 Å². The molecule has 3 N–H and O–H groups in total. The van der Waals surface area contributed by atoms with Crippen LogP contribution in [0.15, 0.2) is 0 Å². The van der Waals surface area contributed by atoms with Crippen molar-refractivity contribution in [3.8, 4) is 0 Å². The first-order valence-electron chi connectivity index (χ1n) is 7.97. The number of rotatable bonds is 8. The quantitative estimate of drug-likeness (QED) is 0.555. The average molecular weight is 349 g/mol. The van der Waals surface area contributed by atoms with Gasteiger partial charge in [0.05, 0.1) is 11.7 Å². The zero-order valence-electron chi connectivity index (χ0n) is 13.7. The molecule has 0 radical (unpaired) electrons. The fourth-order valence-electron chi connectivity index (χ4n) is 2.58. The van der Waals surface area contributed by atoms with E-state index in [0.29, 0.717) is 45.2 Å². The van der Waals surface area contributed by atoms with Gasteiger partial charge in [0.2, 0.25) is 10.0 Å². The van der Waals surface area contributed by atoms with E-state index in [-0.39, 0.29) is 23.7 Å². The van der Waals surface area contributed by atoms with Crippen molar-refractivity contribution in [2.45, 2.75) is 45.1 Å². The summed E-state index contributed by atoms with van der Waals surface area (Å²) in [6, 6.07) is -0.279. The maximum absolute atomic E-state index is 11.8. The molecule has 1 fully saturated rings. The third kappa shape index (κ3) is 6.74. The topological polar surface area (TPSA) is 116 Å². The van der Waals surface area contributed by atoms with Crippen LogP contribution in [0.1, 0.15) is 39.0 Å². The second kappa shape index (κ2) is 9.07. The van der Waals surface area contributed by atoms with E-state index in [0.717, 1.165) is 0 Å². The van der Waals surface area contributed by atoms with Gasteiger partial charge in [0.15, 0.2) is 0 Å². The highest BCUT2D eigenvalue weighted by Crippen LogP contribution is 2.24. The summed E-state index contributed by atoms with van der Waals surface area (Å²) in [5.41, 5.74) is 0. The number of urea groups is 1. The van der Waals surface area contributed by atoms with Gasteiger partial charge in [0.1, 0.15) is 0 Å². The van der Waals surface area contributed by atoms with E-state index in [4.69, 9.17) is 5.11 Å². The lowest BCUT2D eigenvalue weighted by Crippen LogP contribution is -2.44. The summed E-state index contributed by atoms with van der Waals surface area (Å²) in [5.74, 6) is -0.998. The van der Waals surface area contributed by atoms with Gasteiger partial charge >= 0.3 is 12.0 Å². The number of carbonyl (C=O) groups is 2. The molecule has 1 saturated carbocycles. The summed E-state index contributed by atoms with van der Waals surface area (Å²) in [4.78, 5) is 22.6. The molecule has 0 aromatic heterocycles. The molecule has 1 aliphatic carbocycles. The molecule has 0 bridgehead atoms. The number of aliphatic carboxylic acids is 1. The number of carbonyl (C=O) groups excluding carboxylic acids is 1. The van der Waals surface area contributed by atoms with E-state index >= 15 is 0 Å². The van der Waals surface area contributed by atoms with Crippen LogP contribution in [0.2, 0.25) is 0 Å². The van der Waals surface area contributed by atoms with Crippen LogP contribution in [0.25, 0.3) is 0 Å². The highest BCUT2D eigenvalue weighted by Gasteiger charge is 2.26. The minimum atomic E-state index is -3.18. The second-order valence-corrected chi connectivity index (χ2v) is 8.23. The van der Waals surface area contributed by atoms with Crippen molar-refractivity contribution in [3.63, 3.8) is 0 Å². The van der Waals surface area contributed by atoms with Crippen LogP contribution in [-0.2, 0) is 14.8 Å². The molecular weight excluding hydrogens is 322 g/mol. The lowest BCUT2D eigenvalue weighted by Gasteiger charge is -2.26. The Morgan fingerprint density at radius 2 is 1.83 bits per heavy atom. The van der Waals surface area contributed by atoms with E-state index in [1.54, 1.807) is 6.92 Å². The Bertz CT molecular complexity index is 501. The molecular formula is C14H27N3O5S. The number of nitrogens with one attached hydrogen (secondary N) is 2. The SMILES string of the molecule is CCS(=O)(=O)N(C)CCCNC(=O)NC1CCC(C(=O)O)CC1. The Hall–Kier alpha value is -1.35. The van der Waals surface area contributed by atoms with Crippen molar-refractivity contribution < 1.29 is 23.1 Å². The maximum atomic E-state index is 11.8. The van der Waals surface area contributed by atoms with E-state index in [9.17, 15) is 18.0 Å². The predicted molar refractivity (Wildman–Crippen MR) is 86.6 cm³/mol. The van der Waals surface area contributed by atoms with Gasteiger partial charge in [-0.2, -0.15) is 0 Å². The molecule has 0 unspecified atom stereocenters. The Labute approximate surface area is 137 Å². The predicted octanol–water partition coefficient (Wildman–Crippen LogP) is 0.601. The van der Waals surface area contributed by atoms with Gasteiger partial charge in [-0.1, -0.05) is 0 Å². The molecule has 0 aliphatic heterocycles. The Balaban J connectivity index is 2.17. The molecule has 1 aliphatic rings. The zero-order chi connectivity index (χ0) is 17.5. The minimum Gasteiger partial charge on any atom is -0.481 e. The van der Waals surface area contributed by atoms with Crippen molar-refractivity contribution in [1.82, 2.24) is 14.9 Å². The Kier molecular flexibility index (Phi) is 7.77. The van der Waals surface area contributed by atoms with Crippen LogP contribution >= 0.6 is 0 Å². The monoisotopic (exact) mass is 349 g/mol. The second-order valence-electron chi connectivity index (χ2n) is 5.86. The van der Waals surface area contributed by atoms with Crippen LogP contribution in [0.4, 0.5) is 4.79 Å². The van der Waals surface area contributed by atoms with Crippen molar-refractivity contribution >= 4 is 22.0 Å². The normalized spacial score (nSPS) is 21.9. The molecule has 0 atom stereocenters. The number of hydrogen-bond acceptors (Lipinski definition) is 4. The first-order valence-corrected chi connectivity index (χ1v) is 9.58. The molecule has 0 saturated heterocycles. The van der Waals surface area contributed by atoms with Crippen molar-refractivity contribution in [1.29, 1.82) is 0 Å². The Morgan fingerprint density at radius 3 is 2.35 bits per heavy atom. The number of amides is 2. The van der Waals surface area contributed by atoms with Gasteiger partial charge in [0.25, 0.3) is 0 Å². The van der Waals surface area contributed by atoms with Gasteiger partial charge in [-0.15, -0.1) is 0 Å². The van der Waals surface area contributed by atoms with E-state index < -0.39 is 16.0 Å². The summed E-state index contributed by atoms with van der Waals surface area (Å²) >= 11 is 0. The first kappa shape index (κ1) is 19.7.